The van der Waals surface area contributed by atoms with Crippen LogP contribution < -0.4 is 4.72 Å². The van der Waals surface area contributed by atoms with Crippen LogP contribution in [0.3, 0.4) is 0 Å². The molecule has 0 saturated carbocycles. The maximum Gasteiger partial charge on any atom is 0.263 e. The second-order valence-electron chi connectivity index (χ2n) is 6.05. The monoisotopic (exact) mass is 398 g/mol. The van der Waals surface area contributed by atoms with Gasteiger partial charge in [-0.05, 0) is 49.4 Å². The van der Waals surface area contributed by atoms with E-state index in [-0.39, 0.29) is 4.90 Å². The molecule has 0 atom stereocenters. The van der Waals surface area contributed by atoms with Crippen LogP contribution in [0.4, 0.5) is 5.82 Å². The Morgan fingerprint density at radius 3 is 2.56 bits per heavy atom. The van der Waals surface area contributed by atoms with Crippen LogP contribution in [0.1, 0.15) is 5.56 Å². The highest BCUT2D eigenvalue weighted by molar-refractivity contribution is 7.92. The van der Waals surface area contributed by atoms with Gasteiger partial charge in [-0.2, -0.15) is 5.10 Å². The summed E-state index contributed by atoms with van der Waals surface area (Å²) in [5, 5.41) is 4.97. The Bertz CT molecular complexity index is 1220. The van der Waals surface area contributed by atoms with Crippen LogP contribution in [0.5, 0.6) is 0 Å². The molecule has 4 rings (SSSR count). The summed E-state index contributed by atoms with van der Waals surface area (Å²) >= 11 is 6.28. The number of hydrogen-bond acceptors (Lipinski definition) is 4. The van der Waals surface area contributed by atoms with Gasteiger partial charge in [-0.3, -0.25) is 9.71 Å². The van der Waals surface area contributed by atoms with E-state index in [0.717, 1.165) is 11.1 Å². The summed E-state index contributed by atoms with van der Waals surface area (Å²) in [4.78, 5) is 4.27. The van der Waals surface area contributed by atoms with Crippen molar-refractivity contribution in [1.82, 2.24) is 14.6 Å². The SMILES string of the molecule is Cc1ccc(S(=O)(=O)Nc2ccc(Cl)c3cc(-c4cccnc4)nn23)cc1. The third-order valence-electron chi connectivity index (χ3n) is 4.10. The van der Waals surface area contributed by atoms with E-state index in [4.69, 9.17) is 11.6 Å². The topological polar surface area (TPSA) is 76.4 Å². The highest BCUT2D eigenvalue weighted by atomic mass is 35.5. The molecule has 0 radical (unpaired) electrons. The first-order valence-corrected chi connectivity index (χ1v) is 9.98. The van der Waals surface area contributed by atoms with Gasteiger partial charge >= 0.3 is 0 Å². The van der Waals surface area contributed by atoms with Crippen LogP contribution in [0.2, 0.25) is 5.02 Å². The van der Waals surface area contributed by atoms with Crippen molar-refractivity contribution in [3.63, 3.8) is 0 Å². The van der Waals surface area contributed by atoms with E-state index in [1.807, 2.05) is 19.1 Å². The maximum absolute atomic E-state index is 12.7. The fourth-order valence-corrected chi connectivity index (χ4v) is 3.93. The van der Waals surface area contributed by atoms with Gasteiger partial charge in [0.15, 0.2) is 0 Å². The quantitative estimate of drug-likeness (QED) is 0.560. The Kier molecular flexibility index (Phi) is 4.33. The molecule has 0 spiro atoms. The molecule has 3 aromatic heterocycles. The van der Waals surface area contributed by atoms with Gasteiger partial charge in [0, 0.05) is 18.0 Å². The second kappa shape index (κ2) is 6.68. The number of rotatable bonds is 4. The molecule has 8 heteroatoms. The van der Waals surface area contributed by atoms with E-state index >= 15 is 0 Å². The van der Waals surface area contributed by atoms with Crippen molar-refractivity contribution >= 4 is 33.0 Å². The highest BCUT2D eigenvalue weighted by Gasteiger charge is 2.18. The number of pyridine rings is 2. The second-order valence-corrected chi connectivity index (χ2v) is 8.14. The Morgan fingerprint density at radius 1 is 1.07 bits per heavy atom. The van der Waals surface area contributed by atoms with E-state index < -0.39 is 10.0 Å². The first kappa shape index (κ1) is 17.5. The highest BCUT2D eigenvalue weighted by Crippen LogP contribution is 2.28. The van der Waals surface area contributed by atoms with Crippen LogP contribution in [-0.2, 0) is 10.0 Å². The zero-order chi connectivity index (χ0) is 19.0. The first-order valence-electron chi connectivity index (χ1n) is 8.12. The summed E-state index contributed by atoms with van der Waals surface area (Å²) in [5.41, 5.74) is 3.03. The van der Waals surface area contributed by atoms with Crippen LogP contribution in [0.15, 0.2) is 71.9 Å². The van der Waals surface area contributed by atoms with Gasteiger partial charge in [0.05, 0.1) is 21.1 Å². The van der Waals surface area contributed by atoms with Crippen LogP contribution in [0, 0.1) is 6.92 Å². The molecule has 0 bridgehead atoms. The molecule has 0 aliphatic heterocycles. The average Bonchev–Trinajstić information content (AvgIpc) is 3.12. The number of hydrogen-bond donors (Lipinski definition) is 1. The molecule has 6 nitrogen and oxygen atoms in total. The molecule has 1 aromatic carbocycles. The molecule has 27 heavy (non-hydrogen) atoms. The zero-order valence-corrected chi connectivity index (χ0v) is 15.9. The van der Waals surface area contributed by atoms with E-state index in [1.54, 1.807) is 54.9 Å². The minimum atomic E-state index is -3.76. The third-order valence-corrected chi connectivity index (χ3v) is 5.79. The van der Waals surface area contributed by atoms with Crippen molar-refractivity contribution in [2.75, 3.05) is 4.72 Å². The molecule has 4 aromatic rings. The molecule has 0 unspecified atom stereocenters. The molecule has 0 saturated heterocycles. The van der Waals surface area contributed by atoms with Gasteiger partial charge in [0.2, 0.25) is 0 Å². The Balaban J connectivity index is 1.79. The lowest BCUT2D eigenvalue weighted by Crippen LogP contribution is -2.15. The molecule has 0 aliphatic carbocycles. The molecule has 0 fully saturated rings. The summed E-state index contributed by atoms with van der Waals surface area (Å²) < 4.78 is 29.5. The predicted molar refractivity (Wildman–Crippen MR) is 105 cm³/mol. The molecular weight excluding hydrogens is 384 g/mol. The molecule has 0 amide bonds. The lowest BCUT2D eigenvalue weighted by atomic mass is 10.2. The van der Waals surface area contributed by atoms with E-state index in [9.17, 15) is 8.42 Å². The van der Waals surface area contributed by atoms with E-state index in [2.05, 4.69) is 14.8 Å². The van der Waals surface area contributed by atoms with E-state index in [0.29, 0.717) is 22.1 Å². The van der Waals surface area contributed by atoms with Crippen LogP contribution >= 0.6 is 11.6 Å². The van der Waals surface area contributed by atoms with E-state index in [1.165, 1.54) is 4.52 Å². The minimum absolute atomic E-state index is 0.177. The normalized spacial score (nSPS) is 11.6. The molecule has 1 N–H and O–H groups in total. The number of nitrogens with zero attached hydrogens (tertiary/aromatic N) is 3. The number of nitrogens with one attached hydrogen (secondary N) is 1. The molecule has 0 aliphatic rings. The molecule has 136 valence electrons. The van der Waals surface area contributed by atoms with Crippen LogP contribution in [-0.4, -0.2) is 23.0 Å². The number of aromatic nitrogens is 3. The van der Waals surface area contributed by atoms with Crippen LogP contribution in [0.25, 0.3) is 16.8 Å². The largest absolute Gasteiger partial charge is 0.264 e. The number of sulfonamides is 1. The average molecular weight is 399 g/mol. The van der Waals surface area contributed by atoms with Crippen molar-refractivity contribution in [2.45, 2.75) is 11.8 Å². The first-order chi connectivity index (χ1) is 12.9. The number of benzene rings is 1. The van der Waals surface area contributed by atoms with Gasteiger partial charge < -0.3 is 0 Å². The van der Waals surface area contributed by atoms with Gasteiger partial charge in [-0.25, -0.2) is 12.9 Å². The summed E-state index contributed by atoms with van der Waals surface area (Å²) in [6.45, 7) is 1.90. The summed E-state index contributed by atoms with van der Waals surface area (Å²) in [7, 11) is -3.76. The van der Waals surface area contributed by atoms with Crippen molar-refractivity contribution in [3.8, 4) is 11.3 Å². The lowest BCUT2D eigenvalue weighted by molar-refractivity contribution is 0.601. The summed E-state index contributed by atoms with van der Waals surface area (Å²) in [5.74, 6) is 0.296. The fraction of sp³-hybridized carbons (Fsp3) is 0.0526. The van der Waals surface area contributed by atoms with Gasteiger partial charge in [-0.15, -0.1) is 0 Å². The smallest absolute Gasteiger partial charge is 0.263 e. The third kappa shape index (κ3) is 3.39. The van der Waals surface area contributed by atoms with Crippen molar-refractivity contribution in [3.05, 3.63) is 77.6 Å². The number of halogens is 1. The molecular formula is C19H15ClN4O2S. The molecule has 3 heterocycles. The van der Waals surface area contributed by atoms with Crippen molar-refractivity contribution in [2.24, 2.45) is 0 Å². The van der Waals surface area contributed by atoms with Gasteiger partial charge in [-0.1, -0.05) is 29.3 Å². The Morgan fingerprint density at radius 2 is 1.85 bits per heavy atom. The number of fused-ring (bicyclic) bond motifs is 1. The van der Waals surface area contributed by atoms with Crippen molar-refractivity contribution in [1.29, 1.82) is 0 Å². The summed E-state index contributed by atoms with van der Waals surface area (Å²) in [6.07, 6.45) is 3.36. The number of anilines is 1. The van der Waals surface area contributed by atoms with Crippen molar-refractivity contribution < 1.29 is 8.42 Å². The maximum atomic E-state index is 12.7. The van der Waals surface area contributed by atoms with Gasteiger partial charge in [0.1, 0.15) is 5.82 Å². The Labute approximate surface area is 161 Å². The fourth-order valence-electron chi connectivity index (χ4n) is 2.69. The summed E-state index contributed by atoms with van der Waals surface area (Å²) in [6, 6.07) is 15.3. The standard InChI is InChI=1S/C19H15ClN4O2S/c1-13-4-6-15(7-5-13)27(25,26)23-19-9-8-16(20)18-11-17(22-24(18)19)14-3-2-10-21-12-14/h2-12,23H,1H3. The lowest BCUT2D eigenvalue weighted by Gasteiger charge is -2.10. The van der Waals surface area contributed by atoms with Gasteiger partial charge in [0.25, 0.3) is 10.0 Å². The minimum Gasteiger partial charge on any atom is -0.264 e. The zero-order valence-electron chi connectivity index (χ0n) is 14.3. The number of aryl methyl sites for hydroxylation is 1. The predicted octanol–water partition coefficient (Wildman–Crippen LogP) is 4.16. The Hall–Kier alpha value is -2.90.